The molecule has 4 aliphatic carbocycles. The van der Waals surface area contributed by atoms with Gasteiger partial charge in [0.2, 0.25) is 5.91 Å². The van der Waals surface area contributed by atoms with Crippen LogP contribution in [-0.4, -0.2) is 52.4 Å². The molecule has 1 aromatic heterocycles. The summed E-state index contributed by atoms with van der Waals surface area (Å²) in [5.41, 5.74) is 1.16. The van der Waals surface area contributed by atoms with Crippen LogP contribution in [0.2, 0.25) is 0 Å². The van der Waals surface area contributed by atoms with E-state index in [0.29, 0.717) is 42.1 Å². The Morgan fingerprint density at radius 2 is 1.90 bits per heavy atom. The fourth-order valence-corrected chi connectivity index (χ4v) is 7.71. The second kappa shape index (κ2) is 5.89. The van der Waals surface area contributed by atoms with E-state index in [0.717, 1.165) is 31.2 Å². The van der Waals surface area contributed by atoms with Crippen LogP contribution < -0.4 is 10.6 Å². The van der Waals surface area contributed by atoms with Crippen LogP contribution in [-0.2, 0) is 11.3 Å². The number of amides is 3. The van der Waals surface area contributed by atoms with Crippen LogP contribution in [0.25, 0.3) is 0 Å². The fourth-order valence-electron chi connectivity index (χ4n) is 7.71. The highest BCUT2D eigenvalue weighted by Gasteiger charge is 2.68. The van der Waals surface area contributed by atoms with Crippen molar-refractivity contribution in [3.63, 3.8) is 0 Å². The van der Waals surface area contributed by atoms with Gasteiger partial charge in [-0.25, -0.2) is 0 Å². The Bertz CT molecular complexity index is 954. The van der Waals surface area contributed by atoms with Gasteiger partial charge in [-0.3, -0.25) is 14.4 Å². The SMILES string of the molecule is O=C1NCCCn2cc(C(=O)N3C[C@@H]4C[C@H]3[C@@H]4NC(=O)C3[C@@H]4[C@H]5CC[C@H](C5)[C@H]34)cc21. The number of fused-ring (bicyclic) bond motifs is 7. The van der Waals surface area contributed by atoms with Crippen molar-refractivity contribution >= 4 is 17.7 Å². The largest absolute Gasteiger partial charge is 0.351 e. The lowest BCUT2D eigenvalue weighted by atomic mass is 9.79. The highest BCUT2D eigenvalue weighted by atomic mass is 16.2. The van der Waals surface area contributed by atoms with Crippen LogP contribution >= 0.6 is 0 Å². The van der Waals surface area contributed by atoms with E-state index in [4.69, 9.17) is 0 Å². The molecule has 4 bridgehead atoms. The molecule has 7 aliphatic rings. The third kappa shape index (κ3) is 2.24. The second-order valence-electron chi connectivity index (χ2n) is 10.5. The minimum Gasteiger partial charge on any atom is -0.351 e. The number of aryl methyl sites for hydroxylation is 1. The molecule has 4 heterocycles. The van der Waals surface area contributed by atoms with Crippen molar-refractivity contribution < 1.29 is 14.4 Å². The maximum Gasteiger partial charge on any atom is 0.267 e. The number of aromatic nitrogens is 1. The minimum atomic E-state index is -0.105. The molecule has 2 saturated heterocycles. The number of hydrogen-bond donors (Lipinski definition) is 2. The average molecular weight is 409 g/mol. The molecule has 30 heavy (non-hydrogen) atoms. The first kappa shape index (κ1) is 17.4. The molecular formula is C23H28N4O3. The third-order valence-electron chi connectivity index (χ3n) is 9.14. The van der Waals surface area contributed by atoms with Crippen LogP contribution in [0.4, 0.5) is 0 Å². The van der Waals surface area contributed by atoms with Crippen molar-refractivity contribution in [3.8, 4) is 0 Å². The van der Waals surface area contributed by atoms with E-state index < -0.39 is 0 Å². The molecule has 1 unspecified atom stereocenters. The second-order valence-corrected chi connectivity index (χ2v) is 10.5. The first-order valence-corrected chi connectivity index (χ1v) is 11.7. The number of carbonyl (C=O) groups is 3. The highest BCUT2D eigenvalue weighted by Crippen LogP contribution is 2.69. The van der Waals surface area contributed by atoms with E-state index >= 15 is 0 Å². The average Bonchev–Trinajstić information content (AvgIpc) is 3.27. The van der Waals surface area contributed by atoms with E-state index in [1.165, 1.54) is 19.3 Å². The summed E-state index contributed by atoms with van der Waals surface area (Å²) in [6.45, 7) is 2.13. The maximum atomic E-state index is 13.2. The summed E-state index contributed by atoms with van der Waals surface area (Å²) in [4.78, 5) is 40.3. The van der Waals surface area contributed by atoms with Crippen LogP contribution in [0, 0.1) is 35.5 Å². The molecule has 4 saturated carbocycles. The van der Waals surface area contributed by atoms with E-state index in [-0.39, 0.29) is 35.7 Å². The van der Waals surface area contributed by atoms with Gasteiger partial charge in [0.15, 0.2) is 0 Å². The van der Waals surface area contributed by atoms with Crippen molar-refractivity contribution in [3.05, 3.63) is 23.5 Å². The van der Waals surface area contributed by atoms with E-state index in [9.17, 15) is 14.4 Å². The molecule has 7 nitrogen and oxygen atoms in total. The molecule has 0 spiro atoms. The van der Waals surface area contributed by atoms with Crippen molar-refractivity contribution in [1.29, 1.82) is 0 Å². The third-order valence-corrected chi connectivity index (χ3v) is 9.14. The van der Waals surface area contributed by atoms with E-state index in [1.807, 2.05) is 15.7 Å². The lowest BCUT2D eigenvalue weighted by molar-refractivity contribution is -0.125. The lowest BCUT2D eigenvalue weighted by Gasteiger charge is -2.37. The number of carbonyl (C=O) groups excluding carboxylic acids is 3. The van der Waals surface area contributed by atoms with Gasteiger partial charge in [-0.15, -0.1) is 0 Å². The first-order valence-electron chi connectivity index (χ1n) is 11.7. The van der Waals surface area contributed by atoms with Crippen LogP contribution in [0.1, 0.15) is 53.0 Å². The van der Waals surface area contributed by atoms with Gasteiger partial charge in [0, 0.05) is 37.7 Å². The van der Waals surface area contributed by atoms with Crippen LogP contribution in [0.5, 0.6) is 0 Å². The monoisotopic (exact) mass is 408 g/mol. The summed E-state index contributed by atoms with van der Waals surface area (Å²) < 4.78 is 1.90. The zero-order chi connectivity index (χ0) is 20.1. The predicted octanol–water partition coefficient (Wildman–Crippen LogP) is 1.24. The summed E-state index contributed by atoms with van der Waals surface area (Å²) in [7, 11) is 0. The highest BCUT2D eigenvalue weighted by molar-refractivity contribution is 6.00. The van der Waals surface area contributed by atoms with Crippen molar-refractivity contribution in [2.75, 3.05) is 13.1 Å². The van der Waals surface area contributed by atoms with Gasteiger partial charge in [0.1, 0.15) is 5.69 Å². The Labute approximate surface area is 175 Å². The summed E-state index contributed by atoms with van der Waals surface area (Å²) in [6.07, 6.45) is 7.68. The number of nitrogens with one attached hydrogen (secondary N) is 2. The molecular weight excluding hydrogens is 380 g/mol. The maximum absolute atomic E-state index is 13.2. The molecule has 7 heteroatoms. The molecule has 2 N–H and O–H groups in total. The Hall–Kier alpha value is -2.31. The zero-order valence-electron chi connectivity index (χ0n) is 17.0. The summed E-state index contributed by atoms with van der Waals surface area (Å²) in [5.74, 6) is 3.68. The molecule has 3 aliphatic heterocycles. The molecule has 6 fully saturated rings. The zero-order valence-corrected chi connectivity index (χ0v) is 17.0. The summed E-state index contributed by atoms with van der Waals surface area (Å²) in [6, 6.07) is 1.95. The number of rotatable bonds is 3. The topological polar surface area (TPSA) is 83.4 Å². The molecule has 8 rings (SSSR count). The molecule has 0 radical (unpaired) electrons. The molecule has 1 aromatic rings. The van der Waals surface area contributed by atoms with Gasteiger partial charge >= 0.3 is 0 Å². The molecule has 0 aromatic carbocycles. The quantitative estimate of drug-likeness (QED) is 0.790. The Balaban J connectivity index is 1.03. The summed E-state index contributed by atoms with van der Waals surface area (Å²) in [5, 5.41) is 6.22. The molecule has 158 valence electrons. The Morgan fingerprint density at radius 3 is 2.70 bits per heavy atom. The Kier molecular flexibility index (Phi) is 3.41. The minimum absolute atomic E-state index is 0.00559. The van der Waals surface area contributed by atoms with E-state index in [1.54, 1.807) is 6.07 Å². The van der Waals surface area contributed by atoms with Crippen molar-refractivity contribution in [2.45, 2.75) is 50.7 Å². The van der Waals surface area contributed by atoms with Gasteiger partial charge in [-0.2, -0.15) is 0 Å². The smallest absolute Gasteiger partial charge is 0.267 e. The standard InChI is InChI=1S/C23H28N4O3/c28-21-16-8-14(9-26(16)5-1-4-24-21)23(30)27-10-13-7-15(27)20(13)25-22(29)19-17-11-2-3-12(6-11)18(17)19/h8-9,11-13,15,17-20H,1-7,10H2,(H,24,28)(H,25,29)/t11-,12+,13-,15-,17+,18-,19?,20+/m0/s1. The van der Waals surface area contributed by atoms with E-state index in [2.05, 4.69) is 10.6 Å². The normalized spacial score (nSPS) is 42.1. The van der Waals surface area contributed by atoms with Crippen LogP contribution in [0.3, 0.4) is 0 Å². The number of nitrogens with zero attached hydrogens (tertiary/aromatic N) is 2. The first-order chi connectivity index (χ1) is 14.6. The lowest BCUT2D eigenvalue weighted by Crippen LogP contribution is -2.55. The predicted molar refractivity (Wildman–Crippen MR) is 108 cm³/mol. The van der Waals surface area contributed by atoms with Crippen molar-refractivity contribution in [2.24, 2.45) is 35.5 Å². The van der Waals surface area contributed by atoms with Gasteiger partial charge in [-0.1, -0.05) is 0 Å². The number of hydrogen-bond acceptors (Lipinski definition) is 3. The fraction of sp³-hybridized carbons (Fsp3) is 0.696. The van der Waals surface area contributed by atoms with Gasteiger partial charge in [0.05, 0.1) is 17.6 Å². The summed E-state index contributed by atoms with van der Waals surface area (Å²) >= 11 is 0. The van der Waals surface area contributed by atoms with Gasteiger partial charge < -0.3 is 20.1 Å². The molecule has 3 amide bonds. The van der Waals surface area contributed by atoms with Gasteiger partial charge in [0.25, 0.3) is 11.8 Å². The molecule has 8 atom stereocenters. The van der Waals surface area contributed by atoms with Crippen LogP contribution in [0.15, 0.2) is 12.3 Å². The van der Waals surface area contributed by atoms with Crippen molar-refractivity contribution in [1.82, 2.24) is 20.1 Å². The van der Waals surface area contributed by atoms with Gasteiger partial charge in [-0.05, 0) is 61.8 Å². The Morgan fingerprint density at radius 1 is 1.10 bits per heavy atom.